The van der Waals surface area contributed by atoms with E-state index in [2.05, 4.69) is 52.4 Å². The molecule has 1 unspecified atom stereocenters. The molecule has 0 aliphatic rings. The van der Waals surface area contributed by atoms with E-state index in [0.29, 0.717) is 0 Å². The summed E-state index contributed by atoms with van der Waals surface area (Å²) in [6.45, 7) is 2.20. The standard InChI is InChI=1S/C16H18BrNO/c1-2-12-6-8-13(9-7-12)16(11-19)18-15-5-3-4-14(17)10-15/h3-10,16,18-19H,2,11H2,1H3. The lowest BCUT2D eigenvalue weighted by molar-refractivity contribution is 0.276. The topological polar surface area (TPSA) is 32.3 Å². The second-order valence-electron chi connectivity index (χ2n) is 4.48. The molecule has 2 nitrogen and oxygen atoms in total. The van der Waals surface area contributed by atoms with Gasteiger partial charge in [0.15, 0.2) is 0 Å². The molecule has 1 atom stereocenters. The lowest BCUT2D eigenvalue weighted by Gasteiger charge is -2.18. The molecule has 0 saturated carbocycles. The van der Waals surface area contributed by atoms with Crippen LogP contribution in [-0.2, 0) is 6.42 Å². The van der Waals surface area contributed by atoms with E-state index < -0.39 is 0 Å². The maximum atomic E-state index is 9.56. The van der Waals surface area contributed by atoms with Gasteiger partial charge in [0.05, 0.1) is 12.6 Å². The molecule has 3 heteroatoms. The highest BCUT2D eigenvalue weighted by Crippen LogP contribution is 2.22. The minimum Gasteiger partial charge on any atom is -0.394 e. The van der Waals surface area contributed by atoms with E-state index in [1.54, 1.807) is 0 Å². The Morgan fingerprint density at radius 1 is 1.16 bits per heavy atom. The van der Waals surface area contributed by atoms with E-state index in [1.807, 2.05) is 24.3 Å². The second kappa shape index (κ2) is 6.73. The van der Waals surface area contributed by atoms with Crippen molar-refractivity contribution in [3.05, 3.63) is 64.1 Å². The molecule has 2 aromatic carbocycles. The van der Waals surface area contributed by atoms with Gasteiger partial charge >= 0.3 is 0 Å². The third-order valence-electron chi connectivity index (χ3n) is 3.14. The van der Waals surface area contributed by atoms with Crippen LogP contribution in [0.4, 0.5) is 5.69 Å². The Kier molecular flexibility index (Phi) is 5.00. The van der Waals surface area contributed by atoms with Gasteiger partial charge in [-0.05, 0) is 35.7 Å². The summed E-state index contributed by atoms with van der Waals surface area (Å²) in [7, 11) is 0. The molecule has 0 aromatic heterocycles. The predicted octanol–water partition coefficient (Wildman–Crippen LogP) is 4.16. The van der Waals surface area contributed by atoms with Crippen molar-refractivity contribution in [2.45, 2.75) is 19.4 Å². The fourth-order valence-corrected chi connectivity index (χ4v) is 2.40. The molecule has 0 fully saturated rings. The monoisotopic (exact) mass is 319 g/mol. The van der Waals surface area contributed by atoms with E-state index in [1.165, 1.54) is 5.56 Å². The van der Waals surface area contributed by atoms with Gasteiger partial charge in [0.2, 0.25) is 0 Å². The lowest BCUT2D eigenvalue weighted by atomic mass is 10.0. The largest absolute Gasteiger partial charge is 0.394 e. The van der Waals surface area contributed by atoms with Crippen molar-refractivity contribution in [1.29, 1.82) is 0 Å². The van der Waals surface area contributed by atoms with Crippen LogP contribution in [0.25, 0.3) is 0 Å². The number of nitrogens with one attached hydrogen (secondary N) is 1. The molecule has 0 radical (unpaired) electrons. The Hall–Kier alpha value is -1.32. The van der Waals surface area contributed by atoms with Gasteiger partial charge in [-0.1, -0.05) is 53.2 Å². The van der Waals surface area contributed by atoms with Crippen molar-refractivity contribution in [3.8, 4) is 0 Å². The average Bonchev–Trinajstić information content (AvgIpc) is 2.45. The summed E-state index contributed by atoms with van der Waals surface area (Å²) < 4.78 is 1.02. The van der Waals surface area contributed by atoms with Gasteiger partial charge in [0.25, 0.3) is 0 Å². The SMILES string of the molecule is CCc1ccc(C(CO)Nc2cccc(Br)c2)cc1. The Bertz CT molecular complexity index is 525. The van der Waals surface area contributed by atoms with Crippen molar-refractivity contribution < 1.29 is 5.11 Å². The second-order valence-corrected chi connectivity index (χ2v) is 5.40. The third-order valence-corrected chi connectivity index (χ3v) is 3.63. The summed E-state index contributed by atoms with van der Waals surface area (Å²) in [6, 6.07) is 16.2. The molecule has 2 rings (SSSR count). The van der Waals surface area contributed by atoms with Crippen LogP contribution in [0, 0.1) is 0 Å². The van der Waals surface area contributed by atoms with Crippen molar-refractivity contribution >= 4 is 21.6 Å². The minimum atomic E-state index is -0.0831. The maximum absolute atomic E-state index is 9.56. The number of halogens is 1. The molecule has 0 spiro atoms. The highest BCUT2D eigenvalue weighted by atomic mass is 79.9. The molecule has 0 amide bonds. The fourth-order valence-electron chi connectivity index (χ4n) is 2.00. The number of aliphatic hydroxyl groups is 1. The zero-order chi connectivity index (χ0) is 13.7. The van der Waals surface area contributed by atoms with E-state index in [-0.39, 0.29) is 12.6 Å². The third kappa shape index (κ3) is 3.82. The number of hydrogen-bond acceptors (Lipinski definition) is 2. The van der Waals surface area contributed by atoms with Crippen LogP contribution >= 0.6 is 15.9 Å². The fraction of sp³-hybridized carbons (Fsp3) is 0.250. The van der Waals surface area contributed by atoms with Crippen LogP contribution in [0.5, 0.6) is 0 Å². The zero-order valence-electron chi connectivity index (χ0n) is 10.9. The van der Waals surface area contributed by atoms with Gasteiger partial charge in [0.1, 0.15) is 0 Å². The Balaban J connectivity index is 2.15. The van der Waals surface area contributed by atoms with Gasteiger partial charge in [-0.2, -0.15) is 0 Å². The normalized spacial score (nSPS) is 12.2. The number of aliphatic hydroxyl groups excluding tert-OH is 1. The van der Waals surface area contributed by atoms with E-state index in [9.17, 15) is 5.11 Å². The number of rotatable bonds is 5. The molecule has 0 aliphatic heterocycles. The summed E-state index contributed by atoms with van der Waals surface area (Å²) in [4.78, 5) is 0. The predicted molar refractivity (Wildman–Crippen MR) is 83.4 cm³/mol. The van der Waals surface area contributed by atoms with Crippen LogP contribution < -0.4 is 5.32 Å². The number of anilines is 1. The highest BCUT2D eigenvalue weighted by Gasteiger charge is 2.10. The van der Waals surface area contributed by atoms with Gasteiger partial charge in [-0.25, -0.2) is 0 Å². The molecular weight excluding hydrogens is 302 g/mol. The number of benzene rings is 2. The van der Waals surface area contributed by atoms with Crippen molar-refractivity contribution in [2.24, 2.45) is 0 Å². The van der Waals surface area contributed by atoms with Crippen molar-refractivity contribution in [3.63, 3.8) is 0 Å². The number of hydrogen-bond donors (Lipinski definition) is 2. The van der Waals surface area contributed by atoms with Gasteiger partial charge < -0.3 is 10.4 Å². The van der Waals surface area contributed by atoms with Crippen molar-refractivity contribution in [2.75, 3.05) is 11.9 Å². The van der Waals surface area contributed by atoms with Crippen LogP contribution in [0.3, 0.4) is 0 Å². The maximum Gasteiger partial charge on any atom is 0.0745 e. The summed E-state index contributed by atoms with van der Waals surface area (Å²) >= 11 is 3.45. The first kappa shape index (κ1) is 14.1. The van der Waals surface area contributed by atoms with E-state index in [0.717, 1.165) is 22.1 Å². The van der Waals surface area contributed by atoms with Crippen LogP contribution in [0.15, 0.2) is 53.0 Å². The molecule has 0 aliphatic carbocycles. The zero-order valence-corrected chi connectivity index (χ0v) is 12.5. The Labute approximate surface area is 122 Å². The van der Waals surface area contributed by atoms with Gasteiger partial charge in [-0.3, -0.25) is 0 Å². The lowest BCUT2D eigenvalue weighted by Crippen LogP contribution is -2.14. The Morgan fingerprint density at radius 2 is 1.89 bits per heavy atom. The van der Waals surface area contributed by atoms with Gasteiger partial charge in [-0.15, -0.1) is 0 Å². The molecule has 2 aromatic rings. The summed E-state index contributed by atoms with van der Waals surface area (Å²) in [5, 5.41) is 12.9. The van der Waals surface area contributed by atoms with Crippen LogP contribution in [-0.4, -0.2) is 11.7 Å². The van der Waals surface area contributed by atoms with E-state index >= 15 is 0 Å². The molecule has 0 heterocycles. The molecule has 100 valence electrons. The van der Waals surface area contributed by atoms with Gasteiger partial charge in [0, 0.05) is 10.2 Å². The first-order chi connectivity index (χ1) is 9.22. The highest BCUT2D eigenvalue weighted by molar-refractivity contribution is 9.10. The average molecular weight is 320 g/mol. The molecule has 0 saturated heterocycles. The quantitative estimate of drug-likeness (QED) is 0.867. The van der Waals surface area contributed by atoms with Crippen LogP contribution in [0.1, 0.15) is 24.1 Å². The first-order valence-corrected chi connectivity index (χ1v) is 7.24. The summed E-state index contributed by atoms with van der Waals surface area (Å²) in [5.41, 5.74) is 3.40. The molecule has 0 bridgehead atoms. The smallest absolute Gasteiger partial charge is 0.0745 e. The molecule has 19 heavy (non-hydrogen) atoms. The molecular formula is C16H18BrNO. The summed E-state index contributed by atoms with van der Waals surface area (Å²) in [5.74, 6) is 0. The van der Waals surface area contributed by atoms with E-state index in [4.69, 9.17) is 0 Å². The van der Waals surface area contributed by atoms with Crippen LogP contribution in [0.2, 0.25) is 0 Å². The minimum absolute atomic E-state index is 0.0674. The first-order valence-electron chi connectivity index (χ1n) is 6.44. The number of aryl methyl sites for hydroxylation is 1. The molecule has 2 N–H and O–H groups in total. The van der Waals surface area contributed by atoms with Crippen molar-refractivity contribution in [1.82, 2.24) is 0 Å². The summed E-state index contributed by atoms with van der Waals surface area (Å²) in [6.07, 6.45) is 1.03. The Morgan fingerprint density at radius 3 is 2.47 bits per heavy atom.